The molecule has 22 heavy (non-hydrogen) atoms. The first kappa shape index (κ1) is 14.7. The molecule has 0 aliphatic carbocycles. The van der Waals surface area contributed by atoms with Crippen molar-refractivity contribution in [2.24, 2.45) is 0 Å². The third kappa shape index (κ3) is 3.18. The van der Waals surface area contributed by atoms with E-state index in [-0.39, 0.29) is 25.3 Å². The number of thiophene rings is 1. The highest BCUT2D eigenvalue weighted by Gasteiger charge is 2.19. The van der Waals surface area contributed by atoms with Gasteiger partial charge in [0.15, 0.2) is 0 Å². The number of amides is 1. The van der Waals surface area contributed by atoms with E-state index in [1.807, 2.05) is 17.5 Å². The number of aromatic amines is 1. The Hall–Kier alpha value is -2.19. The van der Waals surface area contributed by atoms with E-state index >= 15 is 0 Å². The number of fused-ring (bicyclic) bond motifs is 1. The fourth-order valence-corrected chi connectivity index (χ4v) is 3.05. The Balaban J connectivity index is 1.82. The number of aromatic nitrogens is 2. The van der Waals surface area contributed by atoms with Gasteiger partial charge in [-0.1, -0.05) is 6.07 Å². The molecule has 0 aromatic carbocycles. The van der Waals surface area contributed by atoms with Gasteiger partial charge < -0.3 is 14.8 Å². The highest BCUT2D eigenvalue weighted by molar-refractivity contribution is 7.09. The smallest absolute Gasteiger partial charge is 0.408 e. The molecule has 3 rings (SSSR count). The van der Waals surface area contributed by atoms with Gasteiger partial charge in [0, 0.05) is 11.3 Å². The minimum Gasteiger partial charge on any atom is -0.465 e. The highest BCUT2D eigenvalue weighted by atomic mass is 32.1. The Labute approximate surface area is 130 Å². The zero-order valence-corrected chi connectivity index (χ0v) is 12.6. The lowest BCUT2D eigenvalue weighted by atomic mass is 10.1. The summed E-state index contributed by atoms with van der Waals surface area (Å²) in [5.41, 5.74) is 0.989. The predicted molar refractivity (Wildman–Crippen MR) is 79.8 cm³/mol. The van der Waals surface area contributed by atoms with Crippen molar-refractivity contribution in [2.45, 2.75) is 26.1 Å². The van der Waals surface area contributed by atoms with Crippen LogP contribution in [0.4, 0.5) is 4.79 Å². The molecule has 1 amide bonds. The van der Waals surface area contributed by atoms with Crippen LogP contribution in [0.2, 0.25) is 0 Å². The number of nitrogens with zero attached hydrogens (tertiary/aromatic N) is 2. The maximum Gasteiger partial charge on any atom is 0.408 e. The van der Waals surface area contributed by atoms with E-state index in [1.54, 1.807) is 0 Å². The molecule has 0 unspecified atom stereocenters. The second-order valence-electron chi connectivity index (χ2n) is 4.96. The van der Waals surface area contributed by atoms with Crippen molar-refractivity contribution in [1.82, 2.24) is 14.9 Å². The number of nitrogens with one attached hydrogen (secondary N) is 1. The van der Waals surface area contributed by atoms with Crippen LogP contribution in [0.25, 0.3) is 0 Å². The van der Waals surface area contributed by atoms with Gasteiger partial charge in [-0.25, -0.2) is 9.78 Å². The van der Waals surface area contributed by atoms with Crippen molar-refractivity contribution in [3.05, 3.63) is 49.8 Å². The molecule has 0 radical (unpaired) electrons. The maximum absolute atomic E-state index is 12.0. The lowest BCUT2D eigenvalue weighted by molar-refractivity contribution is 0.107. The summed E-state index contributed by atoms with van der Waals surface area (Å²) in [4.78, 5) is 32.6. The third-order valence-electron chi connectivity index (χ3n) is 3.42. The average Bonchev–Trinajstić information content (AvgIpc) is 2.99. The van der Waals surface area contributed by atoms with Crippen LogP contribution in [0.5, 0.6) is 0 Å². The highest BCUT2D eigenvalue weighted by Crippen LogP contribution is 2.15. The fourth-order valence-electron chi connectivity index (χ4n) is 2.33. The van der Waals surface area contributed by atoms with Gasteiger partial charge in [-0.2, -0.15) is 0 Å². The Morgan fingerprint density at radius 3 is 3.09 bits per heavy atom. The third-order valence-corrected chi connectivity index (χ3v) is 4.28. The Morgan fingerprint density at radius 2 is 2.36 bits per heavy atom. The molecule has 8 heteroatoms. The van der Waals surface area contributed by atoms with Crippen molar-refractivity contribution in [1.29, 1.82) is 0 Å². The number of hydrogen-bond donors (Lipinski definition) is 2. The van der Waals surface area contributed by atoms with E-state index in [0.29, 0.717) is 30.1 Å². The summed E-state index contributed by atoms with van der Waals surface area (Å²) in [7, 11) is 0. The largest absolute Gasteiger partial charge is 0.465 e. The molecule has 2 aromatic heterocycles. The summed E-state index contributed by atoms with van der Waals surface area (Å²) in [5.74, 6) is 0.365. The molecule has 2 aromatic rings. The van der Waals surface area contributed by atoms with Crippen LogP contribution in [0, 0.1) is 0 Å². The molecule has 1 aliphatic heterocycles. The molecule has 116 valence electrons. The van der Waals surface area contributed by atoms with Crippen LogP contribution in [0.1, 0.15) is 22.0 Å². The van der Waals surface area contributed by atoms with E-state index in [9.17, 15) is 14.7 Å². The van der Waals surface area contributed by atoms with Crippen molar-refractivity contribution in [2.75, 3.05) is 6.61 Å². The summed E-state index contributed by atoms with van der Waals surface area (Å²) in [6, 6.07) is 3.75. The van der Waals surface area contributed by atoms with Crippen LogP contribution < -0.4 is 5.56 Å². The number of rotatable bonds is 4. The molecule has 2 N–H and O–H groups in total. The number of ether oxygens (including phenoxy) is 1. The first-order valence-corrected chi connectivity index (χ1v) is 7.70. The van der Waals surface area contributed by atoms with E-state index in [4.69, 9.17) is 4.74 Å². The van der Waals surface area contributed by atoms with Crippen LogP contribution in [-0.2, 0) is 30.9 Å². The second-order valence-corrected chi connectivity index (χ2v) is 5.99. The van der Waals surface area contributed by atoms with E-state index in [1.165, 1.54) is 16.2 Å². The minimum atomic E-state index is -1.04. The van der Waals surface area contributed by atoms with Crippen molar-refractivity contribution >= 4 is 17.4 Å². The van der Waals surface area contributed by atoms with Gasteiger partial charge in [-0.3, -0.25) is 9.69 Å². The first-order chi connectivity index (χ1) is 10.6. The Morgan fingerprint density at radius 1 is 1.50 bits per heavy atom. The standard InChI is InChI=1S/C14H15N3O4S/c18-13-10-8-21-4-3-11(10)15-12(16-13)7-17(14(19)20)6-9-2-1-5-22-9/h1-2,5H,3-4,6-8H2,(H,19,20)(H,15,16,18). The van der Waals surface area contributed by atoms with Crippen LogP contribution in [-0.4, -0.2) is 32.7 Å². The van der Waals surface area contributed by atoms with E-state index in [2.05, 4.69) is 9.97 Å². The molecule has 0 saturated carbocycles. The fraction of sp³-hybridized carbons (Fsp3) is 0.357. The first-order valence-electron chi connectivity index (χ1n) is 6.82. The molecule has 0 saturated heterocycles. The number of hydrogen-bond acceptors (Lipinski definition) is 5. The van der Waals surface area contributed by atoms with Crippen molar-refractivity contribution in [3.8, 4) is 0 Å². The van der Waals surface area contributed by atoms with Gasteiger partial charge in [0.1, 0.15) is 5.82 Å². The molecule has 1 aliphatic rings. The van der Waals surface area contributed by atoms with Crippen LogP contribution in [0.15, 0.2) is 22.3 Å². The summed E-state index contributed by atoms with van der Waals surface area (Å²) in [6.07, 6.45) is -0.471. The number of carboxylic acid groups (broad SMARTS) is 1. The number of H-pyrrole nitrogens is 1. The summed E-state index contributed by atoms with van der Waals surface area (Å²) in [6.45, 7) is 1.12. The SMILES string of the molecule is O=C(O)N(Cc1nc2c(c(=O)[nH]1)COCC2)Cc1cccs1. The molecule has 0 spiro atoms. The molecular formula is C14H15N3O4S. The molecule has 0 fully saturated rings. The Bertz CT molecular complexity index is 726. The zero-order chi connectivity index (χ0) is 15.5. The van der Waals surface area contributed by atoms with Gasteiger partial charge in [0.05, 0.1) is 37.6 Å². The summed E-state index contributed by atoms with van der Waals surface area (Å²) < 4.78 is 5.24. The molecule has 0 bridgehead atoms. The molecule has 0 atom stereocenters. The Kier molecular flexibility index (Phi) is 4.21. The van der Waals surface area contributed by atoms with Gasteiger partial charge in [-0.05, 0) is 11.4 Å². The summed E-state index contributed by atoms with van der Waals surface area (Å²) >= 11 is 1.49. The topological polar surface area (TPSA) is 95.5 Å². The maximum atomic E-state index is 12.0. The van der Waals surface area contributed by atoms with Crippen LogP contribution in [0.3, 0.4) is 0 Å². The number of carbonyl (C=O) groups is 1. The van der Waals surface area contributed by atoms with E-state index < -0.39 is 6.09 Å². The minimum absolute atomic E-state index is 0.0522. The lowest BCUT2D eigenvalue weighted by Crippen LogP contribution is -2.32. The monoisotopic (exact) mass is 321 g/mol. The molecular weight excluding hydrogens is 306 g/mol. The lowest BCUT2D eigenvalue weighted by Gasteiger charge is -2.20. The normalized spacial score (nSPS) is 13.6. The van der Waals surface area contributed by atoms with Crippen LogP contribution >= 0.6 is 11.3 Å². The van der Waals surface area contributed by atoms with Gasteiger partial charge in [-0.15, -0.1) is 11.3 Å². The summed E-state index contributed by atoms with van der Waals surface area (Å²) in [5, 5.41) is 11.2. The van der Waals surface area contributed by atoms with Gasteiger partial charge in [0.2, 0.25) is 0 Å². The van der Waals surface area contributed by atoms with Crippen molar-refractivity contribution < 1.29 is 14.6 Å². The van der Waals surface area contributed by atoms with Gasteiger partial charge >= 0.3 is 6.09 Å². The average molecular weight is 321 g/mol. The molecule has 7 nitrogen and oxygen atoms in total. The van der Waals surface area contributed by atoms with Crippen molar-refractivity contribution in [3.63, 3.8) is 0 Å². The zero-order valence-electron chi connectivity index (χ0n) is 11.7. The second kappa shape index (κ2) is 6.29. The quantitative estimate of drug-likeness (QED) is 0.891. The molecule has 3 heterocycles. The van der Waals surface area contributed by atoms with Gasteiger partial charge in [0.25, 0.3) is 5.56 Å². The predicted octanol–water partition coefficient (Wildman–Crippen LogP) is 1.58. The van der Waals surface area contributed by atoms with E-state index in [0.717, 1.165) is 4.88 Å².